The zero-order chi connectivity index (χ0) is 14.0. The fourth-order valence-corrected chi connectivity index (χ4v) is 3.41. The summed E-state index contributed by atoms with van der Waals surface area (Å²) in [6.45, 7) is 2.07. The lowest BCUT2D eigenvalue weighted by molar-refractivity contribution is 0.0787. The number of amides is 1. The minimum atomic E-state index is -0.0343. The molecule has 0 spiro atoms. The Labute approximate surface area is 139 Å². The number of carbonyl (C=O) groups excluding carboxylic acids is 1. The fourth-order valence-electron chi connectivity index (χ4n) is 2.23. The van der Waals surface area contributed by atoms with Gasteiger partial charge >= 0.3 is 0 Å². The highest BCUT2D eigenvalue weighted by molar-refractivity contribution is 7.98. The molecule has 3 nitrogen and oxygen atoms in total. The average Bonchev–Trinajstić information content (AvgIpc) is 2.87. The van der Waals surface area contributed by atoms with E-state index in [1.165, 1.54) is 11.8 Å². The highest BCUT2D eigenvalue weighted by Gasteiger charge is 2.27. The molecule has 1 atom stereocenters. The van der Waals surface area contributed by atoms with Crippen LogP contribution >= 0.6 is 47.4 Å². The second kappa shape index (κ2) is 7.76. The molecule has 112 valence electrons. The molecule has 2 rings (SSSR count). The van der Waals surface area contributed by atoms with Crippen molar-refractivity contribution in [3.63, 3.8) is 0 Å². The molecule has 1 aromatic rings. The van der Waals surface area contributed by atoms with Gasteiger partial charge in [0.15, 0.2) is 0 Å². The number of rotatable bonds is 3. The molecule has 0 aliphatic carbocycles. The second-order valence-corrected chi connectivity index (χ2v) is 6.27. The van der Waals surface area contributed by atoms with E-state index in [2.05, 4.69) is 0 Å². The maximum atomic E-state index is 12.5. The Kier molecular flexibility index (Phi) is 6.95. The summed E-state index contributed by atoms with van der Waals surface area (Å²) in [5.74, 6) is 0.364. The third-order valence-corrected chi connectivity index (χ3v) is 4.89. The lowest BCUT2D eigenvalue weighted by Gasteiger charge is -2.18. The molecular formula is C13H17Cl3N2OS. The Bertz CT molecular complexity index is 499. The Morgan fingerprint density at radius 3 is 2.70 bits per heavy atom. The number of hydrogen-bond acceptors (Lipinski definition) is 3. The highest BCUT2D eigenvalue weighted by Crippen LogP contribution is 2.32. The smallest absolute Gasteiger partial charge is 0.255 e. The van der Waals surface area contributed by atoms with Gasteiger partial charge in [0.05, 0.1) is 15.6 Å². The maximum absolute atomic E-state index is 12.5. The van der Waals surface area contributed by atoms with Crippen molar-refractivity contribution in [1.29, 1.82) is 0 Å². The van der Waals surface area contributed by atoms with Crippen LogP contribution in [-0.2, 0) is 0 Å². The predicted octanol–water partition coefficient (Wildman–Crippen LogP) is 3.56. The summed E-state index contributed by atoms with van der Waals surface area (Å²) in [4.78, 5) is 15.1. The van der Waals surface area contributed by atoms with Crippen molar-refractivity contribution in [2.24, 2.45) is 11.7 Å². The largest absolute Gasteiger partial charge is 0.338 e. The minimum Gasteiger partial charge on any atom is -0.338 e. The third kappa shape index (κ3) is 3.74. The topological polar surface area (TPSA) is 46.3 Å². The number of likely N-dealkylation sites (tertiary alicyclic amines) is 1. The first-order valence-electron chi connectivity index (χ1n) is 6.09. The Morgan fingerprint density at radius 1 is 1.45 bits per heavy atom. The van der Waals surface area contributed by atoms with Crippen LogP contribution in [0.15, 0.2) is 17.0 Å². The van der Waals surface area contributed by atoms with Gasteiger partial charge in [-0.2, -0.15) is 0 Å². The van der Waals surface area contributed by atoms with E-state index in [9.17, 15) is 4.79 Å². The molecule has 1 aliphatic rings. The van der Waals surface area contributed by atoms with Crippen LogP contribution in [0.5, 0.6) is 0 Å². The van der Waals surface area contributed by atoms with E-state index in [4.69, 9.17) is 28.9 Å². The maximum Gasteiger partial charge on any atom is 0.255 e. The van der Waals surface area contributed by atoms with Crippen molar-refractivity contribution < 1.29 is 4.79 Å². The lowest BCUT2D eigenvalue weighted by atomic mass is 10.1. The van der Waals surface area contributed by atoms with Gasteiger partial charge in [0.2, 0.25) is 0 Å². The van der Waals surface area contributed by atoms with Gasteiger partial charge in [-0.15, -0.1) is 24.2 Å². The first-order chi connectivity index (χ1) is 9.06. The number of nitrogens with zero attached hydrogens (tertiary/aromatic N) is 1. The summed E-state index contributed by atoms with van der Waals surface area (Å²) in [5, 5.41) is 0.985. The molecule has 1 aliphatic heterocycles. The molecule has 7 heteroatoms. The van der Waals surface area contributed by atoms with E-state index < -0.39 is 0 Å². The van der Waals surface area contributed by atoms with Crippen LogP contribution in [-0.4, -0.2) is 36.7 Å². The standard InChI is InChI=1S/C13H16Cl2N2OS.ClH/c1-19-12-4-9(10(14)5-11(12)15)13(18)17-3-2-8(6-16)7-17;/h4-5,8H,2-3,6-7,16H2,1H3;1H. The zero-order valence-corrected chi connectivity index (χ0v) is 14.2. The summed E-state index contributed by atoms with van der Waals surface area (Å²) < 4.78 is 0. The van der Waals surface area contributed by atoms with Gasteiger partial charge in [-0.3, -0.25) is 4.79 Å². The molecule has 1 unspecified atom stereocenters. The first kappa shape index (κ1) is 17.9. The van der Waals surface area contributed by atoms with Crippen molar-refractivity contribution in [3.05, 3.63) is 27.7 Å². The Balaban J connectivity index is 0.00000200. The van der Waals surface area contributed by atoms with Gasteiger partial charge in [0, 0.05) is 18.0 Å². The lowest BCUT2D eigenvalue weighted by Crippen LogP contribution is -2.30. The number of hydrogen-bond donors (Lipinski definition) is 1. The molecule has 0 radical (unpaired) electrons. The molecule has 1 saturated heterocycles. The van der Waals surface area contributed by atoms with Crippen LogP contribution in [0, 0.1) is 5.92 Å². The molecule has 0 saturated carbocycles. The van der Waals surface area contributed by atoms with Crippen LogP contribution in [0.25, 0.3) is 0 Å². The van der Waals surface area contributed by atoms with E-state index >= 15 is 0 Å². The first-order valence-corrected chi connectivity index (χ1v) is 8.07. The van der Waals surface area contributed by atoms with E-state index in [-0.39, 0.29) is 18.3 Å². The second-order valence-electron chi connectivity index (χ2n) is 4.61. The summed E-state index contributed by atoms with van der Waals surface area (Å²) in [6, 6.07) is 3.41. The molecule has 20 heavy (non-hydrogen) atoms. The molecule has 0 bridgehead atoms. The minimum absolute atomic E-state index is 0. The number of thioether (sulfide) groups is 1. The van der Waals surface area contributed by atoms with Gasteiger partial charge in [-0.05, 0) is 37.3 Å². The van der Waals surface area contributed by atoms with Crippen LogP contribution in [0.2, 0.25) is 10.0 Å². The van der Waals surface area contributed by atoms with Crippen molar-refractivity contribution >= 4 is 53.3 Å². The molecule has 0 aromatic heterocycles. The zero-order valence-electron chi connectivity index (χ0n) is 11.1. The summed E-state index contributed by atoms with van der Waals surface area (Å²) in [6.07, 6.45) is 2.88. The van der Waals surface area contributed by atoms with Gasteiger partial charge in [0.25, 0.3) is 5.91 Å². The summed E-state index contributed by atoms with van der Waals surface area (Å²) >= 11 is 13.7. The summed E-state index contributed by atoms with van der Waals surface area (Å²) in [5.41, 5.74) is 6.17. The molecule has 1 amide bonds. The quantitative estimate of drug-likeness (QED) is 0.843. The van der Waals surface area contributed by atoms with Crippen LogP contribution in [0.3, 0.4) is 0 Å². The van der Waals surface area contributed by atoms with Gasteiger partial charge in [0.1, 0.15) is 0 Å². The van der Waals surface area contributed by atoms with Crippen molar-refractivity contribution in [1.82, 2.24) is 4.90 Å². The van der Waals surface area contributed by atoms with Gasteiger partial charge < -0.3 is 10.6 Å². The molecular weight excluding hydrogens is 339 g/mol. The Hall–Kier alpha value is -0.130. The SMILES string of the molecule is CSc1cc(C(=O)N2CCC(CN)C2)c(Cl)cc1Cl.Cl. The Morgan fingerprint density at radius 2 is 2.15 bits per heavy atom. The average molecular weight is 356 g/mol. The number of carbonyl (C=O) groups is 1. The van der Waals surface area contributed by atoms with Crippen molar-refractivity contribution in [2.45, 2.75) is 11.3 Å². The van der Waals surface area contributed by atoms with Crippen LogP contribution < -0.4 is 5.73 Å². The molecule has 1 fully saturated rings. The number of benzene rings is 1. The van der Waals surface area contributed by atoms with Crippen LogP contribution in [0.4, 0.5) is 0 Å². The fraction of sp³-hybridized carbons (Fsp3) is 0.462. The van der Waals surface area contributed by atoms with Crippen LogP contribution in [0.1, 0.15) is 16.8 Å². The molecule has 1 heterocycles. The molecule has 1 aromatic carbocycles. The van der Waals surface area contributed by atoms with Gasteiger partial charge in [-0.1, -0.05) is 23.2 Å². The van der Waals surface area contributed by atoms with E-state index in [0.29, 0.717) is 34.6 Å². The molecule has 2 N–H and O–H groups in total. The van der Waals surface area contributed by atoms with Crippen molar-refractivity contribution in [2.75, 3.05) is 25.9 Å². The monoisotopic (exact) mass is 354 g/mol. The van der Waals surface area contributed by atoms with Gasteiger partial charge in [-0.25, -0.2) is 0 Å². The van der Waals surface area contributed by atoms with Crippen molar-refractivity contribution in [3.8, 4) is 0 Å². The number of nitrogens with two attached hydrogens (primary N) is 1. The van der Waals surface area contributed by atoms with E-state index in [0.717, 1.165) is 17.9 Å². The third-order valence-electron chi connectivity index (χ3n) is 3.38. The predicted molar refractivity (Wildman–Crippen MR) is 88.6 cm³/mol. The van der Waals surface area contributed by atoms with E-state index in [1.807, 2.05) is 11.2 Å². The summed E-state index contributed by atoms with van der Waals surface area (Å²) in [7, 11) is 0. The highest BCUT2D eigenvalue weighted by atomic mass is 35.5. The van der Waals surface area contributed by atoms with E-state index in [1.54, 1.807) is 12.1 Å². The number of halogens is 3. The normalized spacial score (nSPS) is 18.0.